The van der Waals surface area contributed by atoms with Crippen molar-refractivity contribution in [3.63, 3.8) is 0 Å². The fourth-order valence-electron chi connectivity index (χ4n) is 1.68. The average molecular weight is 288 g/mol. The normalized spacial score (nSPS) is 13.3. The predicted molar refractivity (Wildman–Crippen MR) is 71.0 cm³/mol. The number of carbonyl (C=O) groups is 1. The molecular formula is C14H19F3N2O. The van der Waals surface area contributed by atoms with E-state index in [0.29, 0.717) is 5.92 Å². The molecule has 0 saturated carbocycles. The van der Waals surface area contributed by atoms with Crippen molar-refractivity contribution in [2.24, 2.45) is 5.73 Å². The molecule has 1 unspecified atom stereocenters. The lowest BCUT2D eigenvalue weighted by atomic mass is 10.0. The van der Waals surface area contributed by atoms with Gasteiger partial charge in [0, 0.05) is 6.54 Å². The monoisotopic (exact) mass is 288 g/mol. The molecule has 0 radical (unpaired) electrons. The number of halogens is 3. The predicted octanol–water partition coefficient (Wildman–Crippen LogP) is 2.71. The first-order chi connectivity index (χ1) is 9.19. The van der Waals surface area contributed by atoms with Crippen molar-refractivity contribution in [2.75, 3.05) is 0 Å². The van der Waals surface area contributed by atoms with E-state index in [1.165, 1.54) is 0 Å². The van der Waals surface area contributed by atoms with Gasteiger partial charge in [0.1, 0.15) is 0 Å². The number of hydrogen-bond acceptors (Lipinski definition) is 2. The van der Waals surface area contributed by atoms with Gasteiger partial charge in [0.15, 0.2) is 0 Å². The Bertz CT molecular complexity index is 441. The van der Waals surface area contributed by atoms with Gasteiger partial charge in [0.2, 0.25) is 5.91 Å². The zero-order chi connectivity index (χ0) is 15.3. The van der Waals surface area contributed by atoms with E-state index in [1.54, 1.807) is 0 Å². The van der Waals surface area contributed by atoms with Gasteiger partial charge >= 0.3 is 6.18 Å². The van der Waals surface area contributed by atoms with Crippen LogP contribution in [0.15, 0.2) is 24.3 Å². The van der Waals surface area contributed by atoms with E-state index < -0.39 is 24.5 Å². The molecule has 0 heterocycles. The molecule has 1 rings (SSSR count). The Hall–Kier alpha value is -1.56. The van der Waals surface area contributed by atoms with Crippen LogP contribution in [0.25, 0.3) is 0 Å². The van der Waals surface area contributed by atoms with Crippen LogP contribution in [0.3, 0.4) is 0 Å². The maximum atomic E-state index is 12.1. The summed E-state index contributed by atoms with van der Waals surface area (Å²) in [7, 11) is 0. The van der Waals surface area contributed by atoms with Crippen LogP contribution in [-0.2, 0) is 11.3 Å². The second-order valence-corrected chi connectivity index (χ2v) is 5.04. The van der Waals surface area contributed by atoms with E-state index in [4.69, 9.17) is 5.73 Å². The molecule has 0 aromatic heterocycles. The fourth-order valence-corrected chi connectivity index (χ4v) is 1.68. The van der Waals surface area contributed by atoms with Gasteiger partial charge in [-0.05, 0) is 17.0 Å². The molecule has 0 aliphatic carbocycles. The quantitative estimate of drug-likeness (QED) is 0.875. The Morgan fingerprint density at radius 1 is 1.25 bits per heavy atom. The smallest absolute Gasteiger partial charge is 0.351 e. The number of amides is 1. The molecule has 112 valence electrons. The highest BCUT2D eigenvalue weighted by Gasteiger charge is 2.33. The van der Waals surface area contributed by atoms with Crippen LogP contribution in [-0.4, -0.2) is 18.1 Å². The molecule has 20 heavy (non-hydrogen) atoms. The topological polar surface area (TPSA) is 55.1 Å². The Morgan fingerprint density at radius 3 is 2.25 bits per heavy atom. The third-order valence-corrected chi connectivity index (χ3v) is 2.90. The van der Waals surface area contributed by atoms with Crippen LogP contribution in [0.4, 0.5) is 13.2 Å². The van der Waals surface area contributed by atoms with E-state index in [1.807, 2.05) is 24.3 Å². The number of nitrogens with one attached hydrogen (secondary N) is 1. The fraction of sp³-hybridized carbons (Fsp3) is 0.500. The Morgan fingerprint density at radius 2 is 1.80 bits per heavy atom. The summed E-state index contributed by atoms with van der Waals surface area (Å²) in [6.45, 7) is 4.29. The number of hydrogen-bond donors (Lipinski definition) is 2. The van der Waals surface area contributed by atoms with Crippen molar-refractivity contribution < 1.29 is 18.0 Å². The molecule has 0 spiro atoms. The number of benzene rings is 1. The van der Waals surface area contributed by atoms with E-state index in [9.17, 15) is 18.0 Å². The van der Waals surface area contributed by atoms with E-state index in [2.05, 4.69) is 19.2 Å². The number of carbonyl (C=O) groups excluding carboxylic acids is 1. The van der Waals surface area contributed by atoms with Crippen LogP contribution in [0.2, 0.25) is 0 Å². The van der Waals surface area contributed by atoms with Crippen LogP contribution in [0.5, 0.6) is 0 Å². The average Bonchev–Trinajstić information content (AvgIpc) is 2.34. The van der Waals surface area contributed by atoms with E-state index in [-0.39, 0.29) is 6.54 Å². The standard InChI is InChI=1S/C14H19F3N2O/c1-9(2)11-5-3-10(4-6-11)8-19-13(20)12(18)7-14(15,16)17/h3-6,9,12H,7-8,18H2,1-2H3,(H,19,20). The van der Waals surface area contributed by atoms with Crippen LogP contribution < -0.4 is 11.1 Å². The van der Waals surface area contributed by atoms with Crippen molar-refractivity contribution >= 4 is 5.91 Å². The Kier molecular flexibility index (Phi) is 5.56. The summed E-state index contributed by atoms with van der Waals surface area (Å²) in [5, 5.41) is 2.41. The number of nitrogens with two attached hydrogens (primary N) is 1. The van der Waals surface area contributed by atoms with E-state index >= 15 is 0 Å². The minimum absolute atomic E-state index is 0.169. The summed E-state index contributed by atoms with van der Waals surface area (Å²) in [5.74, 6) is -0.394. The lowest BCUT2D eigenvalue weighted by Crippen LogP contribution is -2.42. The second-order valence-electron chi connectivity index (χ2n) is 5.04. The van der Waals surface area contributed by atoms with Gasteiger partial charge in [-0.1, -0.05) is 38.1 Å². The van der Waals surface area contributed by atoms with Gasteiger partial charge in [-0.3, -0.25) is 4.79 Å². The molecule has 1 amide bonds. The molecule has 1 aromatic rings. The molecule has 0 aliphatic rings. The molecule has 1 atom stereocenters. The molecule has 0 aliphatic heterocycles. The van der Waals surface area contributed by atoms with Crippen molar-refractivity contribution in [3.8, 4) is 0 Å². The van der Waals surface area contributed by atoms with Crippen molar-refractivity contribution in [1.29, 1.82) is 0 Å². The number of rotatable bonds is 5. The third-order valence-electron chi connectivity index (χ3n) is 2.90. The second kappa shape index (κ2) is 6.74. The summed E-state index contributed by atoms with van der Waals surface area (Å²) in [6, 6.07) is 5.98. The SMILES string of the molecule is CC(C)c1ccc(CNC(=O)C(N)CC(F)(F)F)cc1. The highest BCUT2D eigenvalue weighted by molar-refractivity contribution is 5.81. The maximum absolute atomic E-state index is 12.1. The van der Waals surface area contributed by atoms with Crippen molar-refractivity contribution in [1.82, 2.24) is 5.32 Å². The Labute approximate surface area is 116 Å². The highest BCUT2D eigenvalue weighted by atomic mass is 19.4. The lowest BCUT2D eigenvalue weighted by Gasteiger charge is -2.14. The summed E-state index contributed by atoms with van der Waals surface area (Å²) in [6.07, 6.45) is -5.75. The zero-order valence-corrected chi connectivity index (χ0v) is 11.5. The molecule has 3 N–H and O–H groups in total. The van der Waals surface area contributed by atoms with Gasteiger partial charge in [-0.25, -0.2) is 0 Å². The summed E-state index contributed by atoms with van der Waals surface area (Å²) in [4.78, 5) is 11.4. The van der Waals surface area contributed by atoms with Gasteiger partial charge in [0.05, 0.1) is 12.5 Å². The highest BCUT2D eigenvalue weighted by Crippen LogP contribution is 2.20. The van der Waals surface area contributed by atoms with Crippen LogP contribution >= 0.6 is 0 Å². The molecule has 6 heteroatoms. The molecule has 0 fully saturated rings. The van der Waals surface area contributed by atoms with Gasteiger partial charge < -0.3 is 11.1 Å². The molecule has 3 nitrogen and oxygen atoms in total. The van der Waals surface area contributed by atoms with Gasteiger partial charge in [-0.2, -0.15) is 13.2 Å². The molecular weight excluding hydrogens is 269 g/mol. The largest absolute Gasteiger partial charge is 0.391 e. The minimum Gasteiger partial charge on any atom is -0.351 e. The van der Waals surface area contributed by atoms with Crippen LogP contribution in [0, 0.1) is 0 Å². The molecule has 0 bridgehead atoms. The first-order valence-electron chi connectivity index (χ1n) is 6.38. The Balaban J connectivity index is 2.48. The first-order valence-corrected chi connectivity index (χ1v) is 6.38. The van der Waals surface area contributed by atoms with Gasteiger partial charge in [0.25, 0.3) is 0 Å². The summed E-state index contributed by atoms with van der Waals surface area (Å²) >= 11 is 0. The lowest BCUT2D eigenvalue weighted by molar-refractivity contribution is -0.147. The zero-order valence-electron chi connectivity index (χ0n) is 11.5. The number of alkyl halides is 3. The minimum atomic E-state index is -4.43. The third kappa shape index (κ3) is 5.61. The molecule has 1 aromatic carbocycles. The molecule has 0 saturated heterocycles. The summed E-state index contributed by atoms with van der Waals surface area (Å²) < 4.78 is 36.3. The van der Waals surface area contributed by atoms with E-state index in [0.717, 1.165) is 11.1 Å². The first kappa shape index (κ1) is 16.5. The van der Waals surface area contributed by atoms with Crippen molar-refractivity contribution in [3.05, 3.63) is 35.4 Å². The summed E-state index contributed by atoms with van der Waals surface area (Å²) in [5.41, 5.74) is 7.18. The van der Waals surface area contributed by atoms with Crippen molar-refractivity contribution in [2.45, 2.75) is 44.9 Å². The van der Waals surface area contributed by atoms with Crippen LogP contribution in [0.1, 0.15) is 37.3 Å². The van der Waals surface area contributed by atoms with Gasteiger partial charge in [-0.15, -0.1) is 0 Å². The maximum Gasteiger partial charge on any atom is 0.391 e.